The molecule has 2 aromatic carbocycles. The number of hydrogen-bond acceptors (Lipinski definition) is 8. The molecule has 4 aromatic rings. The van der Waals surface area contributed by atoms with Crippen molar-refractivity contribution >= 4 is 17.3 Å². The number of nitriles is 1. The van der Waals surface area contributed by atoms with Gasteiger partial charge >= 0.3 is 0 Å². The van der Waals surface area contributed by atoms with E-state index in [1.807, 2.05) is 18.2 Å². The fourth-order valence-electron chi connectivity index (χ4n) is 2.70. The highest BCUT2D eigenvalue weighted by molar-refractivity contribution is 5.65. The van der Waals surface area contributed by atoms with Gasteiger partial charge in [-0.1, -0.05) is 0 Å². The first-order valence-corrected chi connectivity index (χ1v) is 8.94. The second kappa shape index (κ2) is 8.16. The van der Waals surface area contributed by atoms with E-state index in [-0.39, 0.29) is 11.4 Å². The van der Waals surface area contributed by atoms with Crippen molar-refractivity contribution in [1.29, 1.82) is 5.26 Å². The molecule has 8 heteroatoms. The van der Waals surface area contributed by atoms with Crippen LogP contribution in [0.25, 0.3) is 11.4 Å². The van der Waals surface area contributed by atoms with E-state index in [2.05, 4.69) is 20.3 Å². The summed E-state index contributed by atoms with van der Waals surface area (Å²) >= 11 is 0. The SMILES string of the molecule is N#Cc1cc(Oc2ccc(Nc3cc(N)nc(-c4ccc(O)cc4)n3)cc2)ccn1. The number of pyridine rings is 1. The summed E-state index contributed by atoms with van der Waals surface area (Å²) in [5, 5.41) is 21.6. The molecule has 2 heterocycles. The minimum Gasteiger partial charge on any atom is -0.508 e. The van der Waals surface area contributed by atoms with Crippen LogP contribution < -0.4 is 15.8 Å². The molecule has 4 rings (SSSR count). The molecule has 2 aromatic heterocycles. The predicted octanol–water partition coefficient (Wildman–Crippen LogP) is 4.23. The number of phenolic OH excluding ortho intramolecular Hbond substituents is 1. The van der Waals surface area contributed by atoms with Crippen LogP contribution in [0.3, 0.4) is 0 Å². The first-order chi connectivity index (χ1) is 14.6. The molecule has 0 atom stereocenters. The standard InChI is InChI=1S/C22H16N6O2/c23-13-16-11-19(9-10-25-16)30-18-7-3-15(4-8-18)26-21-12-20(24)27-22(28-21)14-1-5-17(29)6-2-14/h1-12,29H,(H3,24,26,27,28). The van der Waals surface area contributed by atoms with Gasteiger partial charge in [-0.25, -0.2) is 15.0 Å². The molecule has 0 radical (unpaired) electrons. The maximum absolute atomic E-state index is 9.44. The molecule has 0 amide bonds. The zero-order valence-electron chi connectivity index (χ0n) is 15.6. The molecule has 0 saturated carbocycles. The Hall–Kier alpha value is -4.64. The average Bonchev–Trinajstić information content (AvgIpc) is 2.75. The largest absolute Gasteiger partial charge is 0.508 e. The third kappa shape index (κ3) is 4.43. The normalized spacial score (nSPS) is 10.2. The summed E-state index contributed by atoms with van der Waals surface area (Å²) in [5.74, 6) is 2.61. The Kier molecular flexibility index (Phi) is 5.09. The maximum atomic E-state index is 9.44. The molecule has 0 aliphatic carbocycles. The quantitative estimate of drug-likeness (QED) is 0.457. The van der Waals surface area contributed by atoms with Crippen molar-refractivity contribution < 1.29 is 9.84 Å². The van der Waals surface area contributed by atoms with Gasteiger partial charge in [0, 0.05) is 29.6 Å². The third-order valence-corrected chi connectivity index (χ3v) is 4.08. The third-order valence-electron chi connectivity index (χ3n) is 4.08. The van der Waals surface area contributed by atoms with Gasteiger partial charge in [0.25, 0.3) is 0 Å². The van der Waals surface area contributed by atoms with E-state index in [1.54, 1.807) is 54.6 Å². The Bertz CT molecular complexity index is 1220. The van der Waals surface area contributed by atoms with Crippen molar-refractivity contribution in [3.8, 4) is 34.7 Å². The summed E-state index contributed by atoms with van der Waals surface area (Å²) in [5.41, 5.74) is 7.73. The lowest BCUT2D eigenvalue weighted by Crippen LogP contribution is -2.01. The summed E-state index contributed by atoms with van der Waals surface area (Å²) in [7, 11) is 0. The minimum absolute atomic E-state index is 0.166. The maximum Gasteiger partial charge on any atom is 0.163 e. The number of nitrogens with one attached hydrogen (secondary N) is 1. The molecule has 4 N–H and O–H groups in total. The summed E-state index contributed by atoms with van der Waals surface area (Å²) in [6.07, 6.45) is 1.52. The number of nitrogens with two attached hydrogens (primary N) is 1. The molecule has 0 spiro atoms. The molecule has 0 unspecified atom stereocenters. The van der Waals surface area contributed by atoms with Gasteiger partial charge in [-0.3, -0.25) is 0 Å². The zero-order chi connectivity index (χ0) is 20.9. The lowest BCUT2D eigenvalue weighted by atomic mass is 10.2. The number of nitrogen functional groups attached to an aromatic ring is 1. The fourth-order valence-corrected chi connectivity index (χ4v) is 2.70. The van der Waals surface area contributed by atoms with Crippen LogP contribution in [0.2, 0.25) is 0 Å². The molecule has 0 fully saturated rings. The number of rotatable bonds is 5. The molecule has 0 aliphatic heterocycles. The average molecular weight is 396 g/mol. The smallest absolute Gasteiger partial charge is 0.163 e. The van der Waals surface area contributed by atoms with E-state index in [9.17, 15) is 5.11 Å². The Balaban J connectivity index is 1.50. The molecule has 30 heavy (non-hydrogen) atoms. The molecular formula is C22H16N6O2. The highest BCUT2D eigenvalue weighted by Crippen LogP contribution is 2.26. The van der Waals surface area contributed by atoms with E-state index in [1.165, 1.54) is 6.20 Å². The van der Waals surface area contributed by atoms with E-state index in [0.717, 1.165) is 11.3 Å². The summed E-state index contributed by atoms with van der Waals surface area (Å²) in [6.45, 7) is 0. The van der Waals surface area contributed by atoms with Crippen molar-refractivity contribution in [3.05, 3.63) is 78.6 Å². The Morgan fingerprint density at radius 3 is 2.43 bits per heavy atom. The molecule has 0 saturated heterocycles. The number of phenols is 1. The van der Waals surface area contributed by atoms with Gasteiger partial charge < -0.3 is 20.9 Å². The Labute approximate surface area is 172 Å². The van der Waals surface area contributed by atoms with Crippen molar-refractivity contribution in [2.24, 2.45) is 0 Å². The van der Waals surface area contributed by atoms with E-state index in [4.69, 9.17) is 15.7 Å². The van der Waals surface area contributed by atoms with Crippen molar-refractivity contribution in [2.45, 2.75) is 0 Å². The second-order valence-corrected chi connectivity index (χ2v) is 6.29. The van der Waals surface area contributed by atoms with Crippen molar-refractivity contribution in [3.63, 3.8) is 0 Å². The lowest BCUT2D eigenvalue weighted by molar-refractivity contribution is 0.475. The topological polar surface area (TPSA) is 130 Å². The van der Waals surface area contributed by atoms with Crippen molar-refractivity contribution in [1.82, 2.24) is 15.0 Å². The van der Waals surface area contributed by atoms with Crippen molar-refractivity contribution in [2.75, 3.05) is 11.1 Å². The van der Waals surface area contributed by atoms with Crippen LogP contribution in [0.5, 0.6) is 17.2 Å². The van der Waals surface area contributed by atoms with Crippen LogP contribution in [0.1, 0.15) is 5.69 Å². The molecular weight excluding hydrogens is 380 g/mol. The van der Waals surface area contributed by atoms with Crippen LogP contribution in [0, 0.1) is 11.3 Å². The van der Waals surface area contributed by atoms with Crippen LogP contribution in [-0.2, 0) is 0 Å². The van der Waals surface area contributed by atoms with Gasteiger partial charge in [0.05, 0.1) is 0 Å². The van der Waals surface area contributed by atoms with Gasteiger partial charge in [-0.05, 0) is 54.6 Å². The number of anilines is 3. The number of ether oxygens (including phenoxy) is 1. The summed E-state index contributed by atoms with van der Waals surface area (Å²) in [6, 6.07) is 20.7. The van der Waals surface area contributed by atoms with Crippen LogP contribution in [0.4, 0.5) is 17.3 Å². The second-order valence-electron chi connectivity index (χ2n) is 6.29. The number of nitrogens with zero attached hydrogens (tertiary/aromatic N) is 4. The number of aromatic hydroxyl groups is 1. The number of hydrogen-bond donors (Lipinski definition) is 3. The van der Waals surface area contributed by atoms with Crippen LogP contribution >= 0.6 is 0 Å². The number of aromatic nitrogens is 3. The predicted molar refractivity (Wildman–Crippen MR) is 112 cm³/mol. The molecule has 8 nitrogen and oxygen atoms in total. The summed E-state index contributed by atoms with van der Waals surface area (Å²) < 4.78 is 5.75. The zero-order valence-corrected chi connectivity index (χ0v) is 15.6. The Morgan fingerprint density at radius 2 is 1.70 bits per heavy atom. The van der Waals surface area contributed by atoms with Crippen LogP contribution in [0.15, 0.2) is 72.9 Å². The van der Waals surface area contributed by atoms with Crippen LogP contribution in [-0.4, -0.2) is 20.1 Å². The Morgan fingerprint density at radius 1 is 0.933 bits per heavy atom. The lowest BCUT2D eigenvalue weighted by Gasteiger charge is -2.10. The highest BCUT2D eigenvalue weighted by atomic mass is 16.5. The highest BCUT2D eigenvalue weighted by Gasteiger charge is 2.07. The van der Waals surface area contributed by atoms with Gasteiger partial charge in [-0.2, -0.15) is 5.26 Å². The van der Waals surface area contributed by atoms with Gasteiger partial charge in [0.15, 0.2) is 5.82 Å². The first-order valence-electron chi connectivity index (χ1n) is 8.94. The fraction of sp³-hybridized carbons (Fsp3) is 0. The number of benzene rings is 2. The van der Waals surface area contributed by atoms with E-state index < -0.39 is 0 Å². The molecule has 146 valence electrons. The van der Waals surface area contributed by atoms with Gasteiger partial charge in [0.2, 0.25) is 0 Å². The molecule has 0 aliphatic rings. The van der Waals surface area contributed by atoms with E-state index >= 15 is 0 Å². The van der Waals surface area contributed by atoms with E-state index in [0.29, 0.717) is 29.0 Å². The van der Waals surface area contributed by atoms with Gasteiger partial charge in [-0.15, -0.1) is 0 Å². The van der Waals surface area contributed by atoms with Gasteiger partial charge in [0.1, 0.15) is 40.6 Å². The monoisotopic (exact) mass is 396 g/mol. The first kappa shape index (κ1) is 18.7. The summed E-state index contributed by atoms with van der Waals surface area (Å²) in [4.78, 5) is 12.6. The molecule has 0 bridgehead atoms. The minimum atomic E-state index is 0.166.